The number of hydrogen-bond acceptors (Lipinski definition) is 6. The van der Waals surface area contributed by atoms with E-state index in [0.29, 0.717) is 18.8 Å². The molecule has 0 saturated carbocycles. The van der Waals surface area contributed by atoms with Crippen molar-refractivity contribution in [2.45, 2.75) is 30.3 Å². The number of sulfonamides is 1. The van der Waals surface area contributed by atoms with E-state index < -0.39 is 20.7 Å². The number of rotatable bonds is 6. The molecular weight excluding hydrogens is 389 g/mol. The predicted octanol–water partition coefficient (Wildman–Crippen LogP) is 3.72. The first-order valence-corrected chi connectivity index (χ1v) is 10.5. The lowest BCUT2D eigenvalue weighted by molar-refractivity contribution is 0.0247. The van der Waals surface area contributed by atoms with E-state index in [9.17, 15) is 12.8 Å². The number of anilines is 2. The van der Waals surface area contributed by atoms with E-state index in [1.54, 1.807) is 5.38 Å². The molecule has 1 unspecified atom stereocenters. The van der Waals surface area contributed by atoms with E-state index in [-0.39, 0.29) is 16.3 Å². The van der Waals surface area contributed by atoms with Crippen LogP contribution in [0.1, 0.15) is 19.3 Å². The third-order valence-corrected chi connectivity index (χ3v) is 6.24. The molecule has 0 radical (unpaired) electrons. The monoisotopic (exact) mass is 405 g/mol. The van der Waals surface area contributed by atoms with Crippen LogP contribution in [0.5, 0.6) is 0 Å². The number of nitrogens with one attached hydrogen (secondary N) is 2. The van der Waals surface area contributed by atoms with Crippen LogP contribution in [-0.2, 0) is 14.8 Å². The first kappa shape index (κ1) is 18.4. The number of benzene rings is 1. The van der Waals surface area contributed by atoms with Gasteiger partial charge in [-0.05, 0) is 31.4 Å². The molecule has 1 atom stereocenters. The Bertz CT molecular complexity index is 825. The van der Waals surface area contributed by atoms with Crippen molar-refractivity contribution < 1.29 is 17.5 Å². The summed E-state index contributed by atoms with van der Waals surface area (Å²) < 4.78 is 46.8. The van der Waals surface area contributed by atoms with Crippen LogP contribution in [0, 0.1) is 5.82 Å². The fourth-order valence-corrected chi connectivity index (χ4v) is 4.68. The highest BCUT2D eigenvalue weighted by atomic mass is 35.5. The topological polar surface area (TPSA) is 80.3 Å². The Morgan fingerprint density at radius 1 is 1.40 bits per heavy atom. The van der Waals surface area contributed by atoms with Crippen LogP contribution >= 0.6 is 22.9 Å². The number of hydrogen-bond donors (Lipinski definition) is 2. The predicted molar refractivity (Wildman–Crippen MR) is 96.4 cm³/mol. The zero-order chi connectivity index (χ0) is 17.9. The molecule has 1 fully saturated rings. The maximum Gasteiger partial charge on any atom is 0.266 e. The average Bonchev–Trinajstić information content (AvgIpc) is 3.08. The van der Waals surface area contributed by atoms with Crippen molar-refractivity contribution in [3.63, 3.8) is 0 Å². The van der Waals surface area contributed by atoms with Gasteiger partial charge in [0.2, 0.25) is 0 Å². The molecule has 6 nitrogen and oxygen atoms in total. The van der Waals surface area contributed by atoms with Crippen molar-refractivity contribution in [1.29, 1.82) is 0 Å². The van der Waals surface area contributed by atoms with Crippen molar-refractivity contribution in [3.05, 3.63) is 34.5 Å². The van der Waals surface area contributed by atoms with Crippen LogP contribution < -0.4 is 10.0 Å². The van der Waals surface area contributed by atoms with Gasteiger partial charge in [0.15, 0.2) is 5.13 Å². The molecule has 0 spiro atoms. The van der Waals surface area contributed by atoms with Crippen molar-refractivity contribution >= 4 is 43.8 Å². The molecule has 1 saturated heterocycles. The molecule has 25 heavy (non-hydrogen) atoms. The maximum absolute atomic E-state index is 14.4. The Morgan fingerprint density at radius 2 is 2.24 bits per heavy atom. The zero-order valence-corrected chi connectivity index (χ0v) is 15.6. The molecule has 10 heteroatoms. The molecule has 0 amide bonds. The highest BCUT2D eigenvalue weighted by molar-refractivity contribution is 7.93. The number of nitrogens with zero attached hydrogens (tertiary/aromatic N) is 1. The van der Waals surface area contributed by atoms with Gasteiger partial charge in [-0.15, -0.1) is 11.3 Å². The lowest BCUT2D eigenvalue weighted by Crippen LogP contribution is -2.27. The molecule has 0 bridgehead atoms. The van der Waals surface area contributed by atoms with E-state index in [4.69, 9.17) is 16.3 Å². The van der Waals surface area contributed by atoms with Crippen LogP contribution in [0.4, 0.5) is 15.2 Å². The first-order chi connectivity index (χ1) is 12.0. The standard InChI is InChI=1S/C15H17ClFN3O3S2/c16-11-7-14(25(21,22)20-15-18-4-6-24-15)12(17)8-13(11)19-9-10-3-1-2-5-23-10/h4,6-8,10,19H,1-3,5,9H2,(H,18,20). The summed E-state index contributed by atoms with van der Waals surface area (Å²) in [5.74, 6) is -0.888. The molecule has 3 rings (SSSR count). The third-order valence-electron chi connectivity index (χ3n) is 3.76. The highest BCUT2D eigenvalue weighted by Crippen LogP contribution is 2.30. The minimum absolute atomic E-state index is 0.0443. The van der Waals surface area contributed by atoms with Gasteiger partial charge in [-0.1, -0.05) is 11.6 Å². The lowest BCUT2D eigenvalue weighted by atomic mass is 10.1. The summed E-state index contributed by atoms with van der Waals surface area (Å²) in [6.45, 7) is 1.21. The minimum atomic E-state index is -4.10. The zero-order valence-electron chi connectivity index (χ0n) is 13.2. The van der Waals surface area contributed by atoms with Gasteiger partial charge < -0.3 is 10.1 Å². The van der Waals surface area contributed by atoms with E-state index in [1.165, 1.54) is 6.20 Å². The Labute approximate surface area is 154 Å². The minimum Gasteiger partial charge on any atom is -0.381 e. The summed E-state index contributed by atoms with van der Waals surface area (Å²) in [5.41, 5.74) is 0.335. The summed E-state index contributed by atoms with van der Waals surface area (Å²) in [7, 11) is -4.10. The first-order valence-electron chi connectivity index (χ1n) is 7.72. The molecule has 0 aliphatic carbocycles. The van der Waals surface area contributed by atoms with Gasteiger partial charge >= 0.3 is 0 Å². The maximum atomic E-state index is 14.4. The molecule has 2 heterocycles. The van der Waals surface area contributed by atoms with Gasteiger partial charge in [-0.2, -0.15) is 0 Å². The van der Waals surface area contributed by atoms with Crippen LogP contribution in [0.25, 0.3) is 0 Å². The molecule has 2 N–H and O–H groups in total. The third kappa shape index (κ3) is 4.60. The molecule has 1 aromatic carbocycles. The summed E-state index contributed by atoms with van der Waals surface area (Å²) in [6.07, 6.45) is 4.56. The van der Waals surface area contributed by atoms with Gasteiger partial charge in [0.1, 0.15) is 10.7 Å². The van der Waals surface area contributed by atoms with Crippen LogP contribution in [0.2, 0.25) is 5.02 Å². The second kappa shape index (κ2) is 7.86. The Morgan fingerprint density at radius 3 is 2.92 bits per heavy atom. The van der Waals surface area contributed by atoms with E-state index in [2.05, 4.69) is 15.0 Å². The van der Waals surface area contributed by atoms with Gasteiger partial charge in [-0.25, -0.2) is 17.8 Å². The Hall–Kier alpha value is -1.42. The molecule has 1 aromatic heterocycles. The van der Waals surface area contributed by atoms with Crippen LogP contribution in [-0.4, -0.2) is 32.7 Å². The fraction of sp³-hybridized carbons (Fsp3) is 0.400. The average molecular weight is 406 g/mol. The molecule has 136 valence electrons. The number of thiazole rings is 1. The summed E-state index contributed by atoms with van der Waals surface area (Å²) in [6, 6.07) is 2.18. The Kier molecular flexibility index (Phi) is 5.78. The van der Waals surface area contributed by atoms with Gasteiger partial charge in [0, 0.05) is 24.7 Å². The number of ether oxygens (including phenoxy) is 1. The fourth-order valence-electron chi connectivity index (χ4n) is 2.51. The van der Waals surface area contributed by atoms with Gasteiger partial charge in [0.05, 0.1) is 16.8 Å². The molecular formula is C15H17ClFN3O3S2. The van der Waals surface area contributed by atoms with Crippen molar-refractivity contribution in [2.75, 3.05) is 23.2 Å². The van der Waals surface area contributed by atoms with Crippen molar-refractivity contribution in [3.8, 4) is 0 Å². The Balaban J connectivity index is 1.75. The van der Waals surface area contributed by atoms with Gasteiger partial charge in [-0.3, -0.25) is 4.72 Å². The van der Waals surface area contributed by atoms with E-state index >= 15 is 0 Å². The smallest absolute Gasteiger partial charge is 0.266 e. The van der Waals surface area contributed by atoms with Gasteiger partial charge in [0.25, 0.3) is 10.0 Å². The lowest BCUT2D eigenvalue weighted by Gasteiger charge is -2.23. The quantitative estimate of drug-likeness (QED) is 0.765. The summed E-state index contributed by atoms with van der Waals surface area (Å²) in [5, 5.41) is 4.92. The molecule has 2 aromatic rings. The highest BCUT2D eigenvalue weighted by Gasteiger charge is 2.23. The summed E-state index contributed by atoms with van der Waals surface area (Å²) >= 11 is 7.23. The van der Waals surface area contributed by atoms with E-state index in [1.807, 2.05) is 0 Å². The summed E-state index contributed by atoms with van der Waals surface area (Å²) in [4.78, 5) is 3.30. The molecule has 1 aliphatic heterocycles. The van der Waals surface area contributed by atoms with Crippen LogP contribution in [0.3, 0.4) is 0 Å². The van der Waals surface area contributed by atoms with E-state index in [0.717, 1.165) is 42.7 Å². The van der Waals surface area contributed by atoms with Crippen molar-refractivity contribution in [2.24, 2.45) is 0 Å². The van der Waals surface area contributed by atoms with Crippen molar-refractivity contribution in [1.82, 2.24) is 4.98 Å². The SMILES string of the molecule is O=S(=O)(Nc1nccs1)c1cc(Cl)c(NCC2CCCCO2)cc1F. The largest absolute Gasteiger partial charge is 0.381 e. The number of aromatic nitrogens is 1. The second-order valence-corrected chi connectivity index (χ2v) is 8.53. The molecule has 1 aliphatic rings. The normalized spacial score (nSPS) is 18.1. The second-order valence-electron chi connectivity index (χ2n) is 5.57. The number of halogens is 2. The van der Waals surface area contributed by atoms with Crippen LogP contribution in [0.15, 0.2) is 28.6 Å².